The Balaban J connectivity index is 2.70. The zero-order valence-corrected chi connectivity index (χ0v) is 17.0. The van der Waals surface area contributed by atoms with Gasteiger partial charge in [-0.15, -0.1) is 0 Å². The van der Waals surface area contributed by atoms with Crippen LogP contribution in [-0.4, -0.2) is 23.2 Å². The van der Waals surface area contributed by atoms with Crippen LogP contribution in [0.15, 0.2) is 21.9 Å². The Morgan fingerprint density at radius 1 is 1.29 bits per heavy atom. The Kier molecular flexibility index (Phi) is 6.60. The summed E-state index contributed by atoms with van der Waals surface area (Å²) in [6, 6.07) is 2.73. The van der Waals surface area contributed by atoms with Crippen molar-refractivity contribution in [3.8, 4) is 22.9 Å². The maximum atomic E-state index is 14.5. The molecule has 1 heterocycles. The molecule has 0 radical (unpaired) electrons. The Hall–Kier alpha value is -1.18. The van der Waals surface area contributed by atoms with Gasteiger partial charge < -0.3 is 9.47 Å². The average molecular weight is 481 g/mol. The van der Waals surface area contributed by atoms with Gasteiger partial charge in [-0.25, -0.2) is 14.4 Å². The molecule has 0 aliphatic rings. The summed E-state index contributed by atoms with van der Waals surface area (Å²) in [4.78, 5) is 8.26. The standard InChI is InChI=1S/C16H14Br2ClFN2O2/c1-8(2)24-13-4-9(12(20)6-11(13)19)15-10(5-14(17)18)16(23-3)22-7-21-15/h4-8H,1-3H3. The normalized spacial score (nSPS) is 10.7. The Morgan fingerprint density at radius 2 is 2.00 bits per heavy atom. The van der Waals surface area contributed by atoms with Crippen molar-refractivity contribution in [1.82, 2.24) is 9.97 Å². The zero-order valence-electron chi connectivity index (χ0n) is 13.1. The molecule has 0 saturated heterocycles. The molecule has 0 bridgehead atoms. The van der Waals surface area contributed by atoms with Crippen LogP contribution < -0.4 is 9.47 Å². The van der Waals surface area contributed by atoms with Crippen LogP contribution in [0.4, 0.5) is 4.39 Å². The summed E-state index contributed by atoms with van der Waals surface area (Å²) < 4.78 is 26.0. The van der Waals surface area contributed by atoms with E-state index in [9.17, 15) is 4.39 Å². The van der Waals surface area contributed by atoms with Gasteiger partial charge in [-0.2, -0.15) is 0 Å². The average Bonchev–Trinajstić information content (AvgIpc) is 2.49. The topological polar surface area (TPSA) is 44.2 Å². The molecule has 0 saturated carbocycles. The molecule has 0 aliphatic carbocycles. The molecule has 1 aromatic heterocycles. The maximum Gasteiger partial charge on any atom is 0.224 e. The third-order valence-corrected chi connectivity index (χ3v) is 3.69. The van der Waals surface area contributed by atoms with Gasteiger partial charge in [0, 0.05) is 5.56 Å². The van der Waals surface area contributed by atoms with Gasteiger partial charge in [0.05, 0.1) is 32.9 Å². The first-order valence-electron chi connectivity index (χ1n) is 6.91. The first kappa shape index (κ1) is 19.1. The summed E-state index contributed by atoms with van der Waals surface area (Å²) >= 11 is 12.6. The molecule has 0 amide bonds. The highest BCUT2D eigenvalue weighted by atomic mass is 79.9. The first-order chi connectivity index (χ1) is 11.3. The molecule has 4 nitrogen and oxygen atoms in total. The molecular formula is C16H14Br2ClFN2O2. The number of nitrogens with zero attached hydrogens (tertiary/aromatic N) is 2. The fraction of sp³-hybridized carbons (Fsp3) is 0.250. The lowest BCUT2D eigenvalue weighted by atomic mass is 10.1. The molecule has 2 aromatic rings. The van der Waals surface area contributed by atoms with Gasteiger partial charge in [0.1, 0.15) is 17.9 Å². The van der Waals surface area contributed by atoms with Crippen LogP contribution in [0.3, 0.4) is 0 Å². The number of hydrogen-bond acceptors (Lipinski definition) is 4. The highest BCUT2D eigenvalue weighted by molar-refractivity contribution is 9.28. The zero-order chi connectivity index (χ0) is 17.9. The van der Waals surface area contributed by atoms with Crippen LogP contribution in [0.5, 0.6) is 11.6 Å². The number of hydrogen-bond donors (Lipinski definition) is 0. The molecule has 8 heteroatoms. The molecule has 1 aromatic carbocycles. The number of aromatic nitrogens is 2. The lowest BCUT2D eigenvalue weighted by molar-refractivity contribution is 0.242. The summed E-state index contributed by atoms with van der Waals surface area (Å²) in [5.74, 6) is 0.183. The number of methoxy groups -OCH3 is 1. The van der Waals surface area contributed by atoms with Crippen molar-refractivity contribution in [1.29, 1.82) is 0 Å². The van der Waals surface area contributed by atoms with Gasteiger partial charge in [-0.3, -0.25) is 0 Å². The van der Waals surface area contributed by atoms with Crippen LogP contribution in [0, 0.1) is 5.82 Å². The molecule has 2 rings (SSSR count). The predicted octanol–water partition coefficient (Wildman–Crippen LogP) is 5.82. The molecule has 0 unspecified atom stereocenters. The first-order valence-corrected chi connectivity index (χ1v) is 8.87. The van der Waals surface area contributed by atoms with Crippen molar-refractivity contribution in [2.24, 2.45) is 0 Å². The van der Waals surface area contributed by atoms with E-state index in [1.54, 1.807) is 6.08 Å². The third-order valence-electron chi connectivity index (χ3n) is 2.93. The van der Waals surface area contributed by atoms with Gasteiger partial charge in [0.25, 0.3) is 0 Å². The van der Waals surface area contributed by atoms with Crippen molar-refractivity contribution < 1.29 is 13.9 Å². The van der Waals surface area contributed by atoms with E-state index < -0.39 is 5.82 Å². The van der Waals surface area contributed by atoms with E-state index in [-0.39, 0.29) is 16.7 Å². The largest absolute Gasteiger partial charge is 0.489 e. The van der Waals surface area contributed by atoms with E-state index in [1.165, 1.54) is 25.6 Å². The molecule has 24 heavy (non-hydrogen) atoms. The van der Waals surface area contributed by atoms with E-state index >= 15 is 0 Å². The molecule has 0 atom stereocenters. The van der Waals surface area contributed by atoms with Gasteiger partial charge in [0.15, 0.2) is 0 Å². The SMILES string of the molecule is COc1ncnc(-c2cc(OC(C)C)c(Cl)cc2F)c1C=C(Br)Br. The quantitative estimate of drug-likeness (QED) is 0.541. The summed E-state index contributed by atoms with van der Waals surface area (Å²) in [7, 11) is 1.48. The Bertz CT molecular complexity index is 781. The minimum atomic E-state index is -0.516. The minimum absolute atomic E-state index is 0.100. The van der Waals surface area contributed by atoms with Crippen molar-refractivity contribution in [3.05, 3.63) is 38.3 Å². The lowest BCUT2D eigenvalue weighted by Gasteiger charge is -2.15. The maximum absolute atomic E-state index is 14.5. The van der Waals surface area contributed by atoms with Crippen LogP contribution in [0.2, 0.25) is 5.02 Å². The smallest absolute Gasteiger partial charge is 0.224 e. The van der Waals surface area contributed by atoms with Crippen molar-refractivity contribution in [3.63, 3.8) is 0 Å². The van der Waals surface area contributed by atoms with E-state index in [0.717, 1.165) is 0 Å². The van der Waals surface area contributed by atoms with Crippen molar-refractivity contribution in [2.75, 3.05) is 7.11 Å². The highest BCUT2D eigenvalue weighted by Gasteiger charge is 2.19. The number of benzene rings is 1. The molecule has 0 aliphatic heterocycles. The van der Waals surface area contributed by atoms with Gasteiger partial charge in [0.2, 0.25) is 5.88 Å². The predicted molar refractivity (Wildman–Crippen MR) is 101 cm³/mol. The summed E-state index contributed by atoms with van der Waals surface area (Å²) in [5.41, 5.74) is 1.12. The number of halogens is 4. The van der Waals surface area contributed by atoms with E-state index in [0.29, 0.717) is 26.3 Å². The van der Waals surface area contributed by atoms with E-state index in [4.69, 9.17) is 21.1 Å². The van der Waals surface area contributed by atoms with Crippen LogP contribution >= 0.6 is 43.5 Å². The fourth-order valence-electron chi connectivity index (χ4n) is 2.05. The van der Waals surface area contributed by atoms with Crippen LogP contribution in [0.25, 0.3) is 17.3 Å². The summed E-state index contributed by atoms with van der Waals surface area (Å²) in [5, 5.41) is 0.199. The monoisotopic (exact) mass is 478 g/mol. The van der Waals surface area contributed by atoms with E-state index in [1.807, 2.05) is 13.8 Å². The van der Waals surface area contributed by atoms with Gasteiger partial charge >= 0.3 is 0 Å². The molecule has 0 N–H and O–H groups in total. The second-order valence-corrected chi connectivity index (χ2v) is 8.19. The molecule has 128 valence electrons. The lowest BCUT2D eigenvalue weighted by Crippen LogP contribution is -2.07. The fourth-order valence-corrected chi connectivity index (χ4v) is 2.70. The number of rotatable bonds is 5. The number of ether oxygens (including phenoxy) is 2. The third kappa shape index (κ3) is 4.46. The minimum Gasteiger partial charge on any atom is -0.489 e. The summed E-state index contributed by atoms with van der Waals surface area (Å²) in [6.45, 7) is 3.73. The second-order valence-electron chi connectivity index (χ2n) is 5.01. The molecule has 0 spiro atoms. The molecular weight excluding hydrogens is 466 g/mol. The molecule has 0 fully saturated rings. The van der Waals surface area contributed by atoms with Crippen molar-refractivity contribution >= 4 is 49.5 Å². The van der Waals surface area contributed by atoms with Gasteiger partial charge in [-0.05, 0) is 63.9 Å². The second kappa shape index (κ2) is 8.27. The van der Waals surface area contributed by atoms with Crippen molar-refractivity contribution in [2.45, 2.75) is 20.0 Å². The Labute approximate surface area is 161 Å². The van der Waals surface area contributed by atoms with Gasteiger partial charge in [-0.1, -0.05) is 11.6 Å². The van der Waals surface area contributed by atoms with Crippen LogP contribution in [0.1, 0.15) is 19.4 Å². The highest BCUT2D eigenvalue weighted by Crippen LogP contribution is 2.37. The summed E-state index contributed by atoms with van der Waals surface area (Å²) in [6.07, 6.45) is 2.90. The Morgan fingerprint density at radius 3 is 2.58 bits per heavy atom. The van der Waals surface area contributed by atoms with Crippen LogP contribution in [-0.2, 0) is 0 Å². The van der Waals surface area contributed by atoms with E-state index in [2.05, 4.69) is 41.8 Å².